The summed E-state index contributed by atoms with van der Waals surface area (Å²) < 4.78 is 0. The largest absolute Gasteiger partial charge is 0.355 e. The van der Waals surface area contributed by atoms with Crippen LogP contribution in [0.5, 0.6) is 0 Å². The average Bonchev–Trinajstić information content (AvgIpc) is 2.67. The predicted molar refractivity (Wildman–Crippen MR) is 101 cm³/mol. The van der Waals surface area contributed by atoms with Gasteiger partial charge in [0.2, 0.25) is 5.91 Å². The first-order chi connectivity index (χ1) is 12.3. The molecule has 1 amide bonds. The van der Waals surface area contributed by atoms with E-state index in [-0.39, 0.29) is 5.91 Å². The lowest BCUT2D eigenvalue weighted by molar-refractivity contribution is -0.122. The van der Waals surface area contributed by atoms with E-state index in [0.717, 1.165) is 51.4 Å². The summed E-state index contributed by atoms with van der Waals surface area (Å²) in [6, 6.07) is 16.4. The number of aryl methyl sites for hydroxylation is 1. The molecule has 1 N–H and O–H groups in total. The summed E-state index contributed by atoms with van der Waals surface area (Å²) in [5.41, 5.74) is 1.32. The van der Waals surface area contributed by atoms with Crippen LogP contribution in [0.4, 0.5) is 5.82 Å². The highest BCUT2D eigenvalue weighted by Crippen LogP contribution is 2.12. The molecule has 0 unspecified atom stereocenters. The van der Waals surface area contributed by atoms with Crippen molar-refractivity contribution in [2.45, 2.75) is 12.8 Å². The number of anilines is 1. The smallest absolute Gasteiger partial charge is 0.234 e. The molecule has 2 heterocycles. The van der Waals surface area contributed by atoms with Gasteiger partial charge in [-0.1, -0.05) is 36.4 Å². The number of rotatable bonds is 7. The number of piperazine rings is 1. The molecule has 1 aliphatic heterocycles. The van der Waals surface area contributed by atoms with Gasteiger partial charge in [-0.25, -0.2) is 4.98 Å². The zero-order valence-corrected chi connectivity index (χ0v) is 14.6. The molecule has 5 heteroatoms. The first-order valence-corrected chi connectivity index (χ1v) is 9.00. The van der Waals surface area contributed by atoms with Crippen molar-refractivity contribution in [3.05, 3.63) is 60.3 Å². The summed E-state index contributed by atoms with van der Waals surface area (Å²) in [6.45, 7) is 4.85. The highest BCUT2D eigenvalue weighted by Gasteiger charge is 2.19. The summed E-state index contributed by atoms with van der Waals surface area (Å²) in [7, 11) is 0. The molecule has 1 aromatic carbocycles. The molecule has 1 saturated heterocycles. The normalized spacial score (nSPS) is 15.1. The van der Waals surface area contributed by atoms with E-state index in [0.29, 0.717) is 6.54 Å². The molecule has 25 heavy (non-hydrogen) atoms. The molecule has 0 saturated carbocycles. The fraction of sp³-hybridized carbons (Fsp3) is 0.400. The quantitative estimate of drug-likeness (QED) is 0.784. The minimum Gasteiger partial charge on any atom is -0.355 e. The highest BCUT2D eigenvalue weighted by atomic mass is 16.2. The van der Waals surface area contributed by atoms with Gasteiger partial charge in [0.25, 0.3) is 0 Å². The molecule has 0 radical (unpaired) electrons. The average molecular weight is 338 g/mol. The van der Waals surface area contributed by atoms with Crippen molar-refractivity contribution < 1.29 is 4.79 Å². The lowest BCUT2D eigenvalue weighted by Gasteiger charge is -2.34. The van der Waals surface area contributed by atoms with Crippen LogP contribution < -0.4 is 10.2 Å². The number of amides is 1. The third kappa shape index (κ3) is 5.57. The Morgan fingerprint density at radius 3 is 2.48 bits per heavy atom. The van der Waals surface area contributed by atoms with Crippen LogP contribution in [0.15, 0.2) is 54.7 Å². The highest BCUT2D eigenvalue weighted by molar-refractivity contribution is 5.78. The Bertz CT molecular complexity index is 639. The SMILES string of the molecule is O=C(CN1CCN(c2ccccn2)CC1)NCCCc1ccccc1. The number of benzene rings is 1. The van der Waals surface area contributed by atoms with Gasteiger partial charge in [0.1, 0.15) is 5.82 Å². The van der Waals surface area contributed by atoms with Crippen molar-refractivity contribution in [2.75, 3.05) is 44.2 Å². The summed E-state index contributed by atoms with van der Waals surface area (Å²) in [6.07, 6.45) is 3.80. The number of nitrogens with zero attached hydrogens (tertiary/aromatic N) is 3. The predicted octanol–water partition coefficient (Wildman–Crippen LogP) is 1.95. The van der Waals surface area contributed by atoms with E-state index in [2.05, 4.69) is 44.4 Å². The van der Waals surface area contributed by atoms with Crippen molar-refractivity contribution in [3.63, 3.8) is 0 Å². The number of carbonyl (C=O) groups is 1. The topological polar surface area (TPSA) is 48.5 Å². The summed E-state index contributed by atoms with van der Waals surface area (Å²) in [5.74, 6) is 1.15. The first kappa shape index (κ1) is 17.4. The van der Waals surface area contributed by atoms with Crippen molar-refractivity contribution in [2.24, 2.45) is 0 Å². The molecule has 0 atom stereocenters. The van der Waals surface area contributed by atoms with Crippen LogP contribution in [0.2, 0.25) is 0 Å². The van der Waals surface area contributed by atoms with Crippen LogP contribution in [0, 0.1) is 0 Å². The molecule has 132 valence electrons. The van der Waals surface area contributed by atoms with E-state index in [1.807, 2.05) is 30.5 Å². The zero-order valence-electron chi connectivity index (χ0n) is 14.6. The molecule has 1 aromatic heterocycles. The minimum absolute atomic E-state index is 0.124. The zero-order chi connectivity index (χ0) is 17.3. The van der Waals surface area contributed by atoms with Crippen molar-refractivity contribution in [1.29, 1.82) is 0 Å². The molecule has 1 aliphatic rings. The van der Waals surface area contributed by atoms with Gasteiger partial charge >= 0.3 is 0 Å². The van der Waals surface area contributed by atoms with E-state index >= 15 is 0 Å². The number of carbonyl (C=O) groups excluding carboxylic acids is 1. The monoisotopic (exact) mass is 338 g/mol. The van der Waals surface area contributed by atoms with Crippen LogP contribution in [-0.2, 0) is 11.2 Å². The van der Waals surface area contributed by atoms with Gasteiger partial charge in [0.05, 0.1) is 6.54 Å². The fourth-order valence-corrected chi connectivity index (χ4v) is 3.10. The van der Waals surface area contributed by atoms with Crippen molar-refractivity contribution in [1.82, 2.24) is 15.2 Å². The Hall–Kier alpha value is -2.40. The second-order valence-electron chi connectivity index (χ2n) is 6.39. The maximum atomic E-state index is 12.1. The second-order valence-corrected chi connectivity index (χ2v) is 6.39. The fourth-order valence-electron chi connectivity index (χ4n) is 3.10. The third-order valence-corrected chi connectivity index (χ3v) is 4.52. The first-order valence-electron chi connectivity index (χ1n) is 9.00. The Labute approximate surface area is 149 Å². The summed E-state index contributed by atoms with van der Waals surface area (Å²) in [5, 5.41) is 3.04. The molecule has 5 nitrogen and oxygen atoms in total. The van der Waals surface area contributed by atoms with Crippen LogP contribution in [-0.4, -0.2) is 55.1 Å². The number of nitrogens with one attached hydrogen (secondary N) is 1. The van der Waals surface area contributed by atoms with E-state index in [4.69, 9.17) is 0 Å². The van der Waals surface area contributed by atoms with E-state index in [1.165, 1.54) is 5.56 Å². The van der Waals surface area contributed by atoms with Gasteiger partial charge in [-0.15, -0.1) is 0 Å². The van der Waals surface area contributed by atoms with Gasteiger partial charge in [-0.05, 0) is 30.5 Å². The number of aromatic nitrogens is 1. The Balaban J connectivity index is 1.31. The number of pyridine rings is 1. The number of hydrogen-bond donors (Lipinski definition) is 1. The van der Waals surface area contributed by atoms with Gasteiger partial charge in [0.15, 0.2) is 0 Å². The standard InChI is InChI=1S/C20H26N4O/c25-20(22-12-6-9-18-7-2-1-3-8-18)17-23-13-15-24(16-14-23)19-10-4-5-11-21-19/h1-5,7-8,10-11H,6,9,12-17H2,(H,22,25). The summed E-state index contributed by atoms with van der Waals surface area (Å²) in [4.78, 5) is 21.0. The Morgan fingerprint density at radius 1 is 1.00 bits per heavy atom. The molecular formula is C20H26N4O. The van der Waals surface area contributed by atoms with Crippen LogP contribution in [0.3, 0.4) is 0 Å². The van der Waals surface area contributed by atoms with E-state index in [1.54, 1.807) is 0 Å². The molecule has 2 aromatic rings. The number of hydrogen-bond acceptors (Lipinski definition) is 4. The molecule has 3 rings (SSSR count). The van der Waals surface area contributed by atoms with E-state index in [9.17, 15) is 4.79 Å². The van der Waals surface area contributed by atoms with Gasteiger partial charge in [-0.2, -0.15) is 0 Å². The van der Waals surface area contributed by atoms with Gasteiger partial charge in [0, 0.05) is 38.9 Å². The lowest BCUT2D eigenvalue weighted by atomic mass is 10.1. The van der Waals surface area contributed by atoms with Crippen LogP contribution in [0.25, 0.3) is 0 Å². The second kappa shape index (κ2) is 9.18. The van der Waals surface area contributed by atoms with Crippen molar-refractivity contribution in [3.8, 4) is 0 Å². The Morgan fingerprint density at radius 2 is 1.76 bits per heavy atom. The molecule has 0 spiro atoms. The molecule has 0 aliphatic carbocycles. The molecular weight excluding hydrogens is 312 g/mol. The van der Waals surface area contributed by atoms with Crippen LogP contribution >= 0.6 is 0 Å². The molecule has 0 bridgehead atoms. The lowest BCUT2D eigenvalue weighted by Crippen LogP contribution is -2.49. The summed E-state index contributed by atoms with van der Waals surface area (Å²) >= 11 is 0. The van der Waals surface area contributed by atoms with Crippen molar-refractivity contribution >= 4 is 11.7 Å². The molecule has 1 fully saturated rings. The maximum absolute atomic E-state index is 12.1. The van der Waals surface area contributed by atoms with Gasteiger partial charge < -0.3 is 10.2 Å². The minimum atomic E-state index is 0.124. The third-order valence-electron chi connectivity index (χ3n) is 4.52. The Kier molecular flexibility index (Phi) is 6.40. The van der Waals surface area contributed by atoms with Crippen LogP contribution in [0.1, 0.15) is 12.0 Å². The maximum Gasteiger partial charge on any atom is 0.234 e. The van der Waals surface area contributed by atoms with Gasteiger partial charge in [-0.3, -0.25) is 9.69 Å². The van der Waals surface area contributed by atoms with E-state index < -0.39 is 0 Å².